The topological polar surface area (TPSA) is 392 Å². The molecule has 684 valence electrons. The quantitative estimate of drug-likeness (QED) is 0.0329. The normalized spacial score (nSPS) is 9.69. The van der Waals surface area contributed by atoms with Gasteiger partial charge in [-0.05, 0) is 208 Å². The van der Waals surface area contributed by atoms with Crippen LogP contribution in [0.2, 0.25) is 0 Å². The van der Waals surface area contributed by atoms with E-state index in [1.807, 2.05) is 165 Å². The standard InChI is InChI=1S/4C21H28N8.4CHNSe.2Fe/c4*1-5-27(6-2)19-24-20(28(7-3)8-4)26-21(25-19)29(17-13-9-11-15-22-17)18-14-10-12-16-23-18;4*2-1-3;;/h4*9-16H,5-8H2,1-4H3;4*3H;;/q;;;;;;;;2*+2/p-4. The third-order valence-electron chi connectivity index (χ3n) is 18.6. The van der Waals surface area contributed by atoms with Crippen molar-refractivity contribution in [2.45, 2.75) is 111 Å². The van der Waals surface area contributed by atoms with Gasteiger partial charge in [-0.1, -0.05) is 48.5 Å². The Balaban J connectivity index is 0.000000426. The van der Waals surface area contributed by atoms with Gasteiger partial charge in [0.1, 0.15) is 46.5 Å². The zero-order chi connectivity index (χ0) is 93.4. The van der Waals surface area contributed by atoms with Crippen molar-refractivity contribution >= 4 is 182 Å². The Morgan fingerprint density at radius 3 is 0.354 bits per heavy atom. The van der Waals surface area contributed by atoms with Crippen molar-refractivity contribution in [2.24, 2.45) is 0 Å². The van der Waals surface area contributed by atoms with Crippen LogP contribution in [0.1, 0.15) is 111 Å². The maximum Gasteiger partial charge on any atom is 2.00 e. The van der Waals surface area contributed by atoms with Crippen LogP contribution in [0.5, 0.6) is 0 Å². The second kappa shape index (κ2) is 64.6. The molecule has 0 aliphatic rings. The molecule has 12 aromatic rings. The second-order valence-electron chi connectivity index (χ2n) is 25.5. The predicted molar refractivity (Wildman–Crippen MR) is 514 cm³/mol. The van der Waals surface area contributed by atoms with E-state index in [4.69, 9.17) is 80.9 Å². The number of pyridine rings is 8. The fourth-order valence-electron chi connectivity index (χ4n) is 12.1. The zero-order valence-corrected chi connectivity index (χ0v) is 85.3. The molecular formula is C88H112Fe2N36Se4. The van der Waals surface area contributed by atoms with Gasteiger partial charge in [0.2, 0.25) is 71.4 Å². The largest absolute Gasteiger partial charge is 2.00 e. The number of aromatic nitrogens is 20. The Kier molecular flexibility index (Phi) is 55.7. The van der Waals surface area contributed by atoms with E-state index in [2.05, 4.69) is 254 Å². The van der Waals surface area contributed by atoms with Crippen molar-refractivity contribution in [3.8, 4) is 19.9 Å². The molecule has 0 aliphatic heterocycles. The molecule has 0 radical (unpaired) electrons. The summed E-state index contributed by atoms with van der Waals surface area (Å²) in [5.74, 6) is 12.8. The van der Waals surface area contributed by atoms with Crippen LogP contribution in [0.4, 0.5) is 118 Å². The third kappa shape index (κ3) is 34.1. The number of nitriles is 4. The van der Waals surface area contributed by atoms with Crippen molar-refractivity contribution in [1.29, 1.82) is 21.0 Å². The Labute approximate surface area is 819 Å². The Morgan fingerprint density at radius 1 is 0.185 bits per heavy atom. The fraction of sp³-hybridized carbons (Fsp3) is 0.364. The maximum atomic E-state index is 7.26. The first kappa shape index (κ1) is 112. The van der Waals surface area contributed by atoms with Gasteiger partial charge in [0, 0.05) is 154 Å². The van der Waals surface area contributed by atoms with Gasteiger partial charge < -0.3 is 39.2 Å². The molecule has 0 saturated carbocycles. The number of rotatable bonds is 36. The molecule has 0 aromatic carbocycles. The maximum absolute atomic E-state index is 7.26. The average molecular weight is 2100 g/mol. The van der Waals surface area contributed by atoms with E-state index < -0.39 is 0 Å². The monoisotopic (exact) mass is 2100 g/mol. The predicted octanol–water partition coefficient (Wildman–Crippen LogP) is 13.8. The summed E-state index contributed by atoms with van der Waals surface area (Å²) < 4.78 is 0. The average Bonchev–Trinajstić information content (AvgIpc) is 0.806. The molecule has 12 heterocycles. The summed E-state index contributed by atoms with van der Waals surface area (Å²) in [5.41, 5.74) is 0. The van der Waals surface area contributed by atoms with Crippen molar-refractivity contribution in [3.05, 3.63) is 195 Å². The summed E-state index contributed by atoms with van der Waals surface area (Å²) in [7, 11) is 0. The minimum absolute atomic E-state index is 0. The molecule has 0 unspecified atom stereocenters. The Bertz CT molecular complexity index is 4270. The smallest absolute Gasteiger partial charge is 2.00 e. The second-order valence-corrected chi connectivity index (χ2v) is 27.1. The van der Waals surface area contributed by atoms with Crippen LogP contribution in [-0.2, 0) is 34.1 Å². The van der Waals surface area contributed by atoms with Crippen LogP contribution in [0.3, 0.4) is 0 Å². The van der Waals surface area contributed by atoms with Gasteiger partial charge in [0.15, 0.2) is 0 Å². The Hall–Kier alpha value is -12.1. The number of anilines is 20. The van der Waals surface area contributed by atoms with Gasteiger partial charge in [-0.15, -0.1) is 0 Å². The van der Waals surface area contributed by atoms with Crippen molar-refractivity contribution < 1.29 is 34.1 Å². The van der Waals surface area contributed by atoms with E-state index >= 15 is 0 Å². The van der Waals surface area contributed by atoms with Crippen LogP contribution >= 0.6 is 0 Å². The molecule has 0 saturated heterocycles. The van der Waals surface area contributed by atoms with Crippen LogP contribution in [-0.4, -0.2) is 268 Å². The summed E-state index contributed by atoms with van der Waals surface area (Å²) in [6, 6.07) is 46.0. The van der Waals surface area contributed by atoms with Gasteiger partial charge in [-0.2, -0.15) is 59.8 Å². The number of hydrogen-bond donors (Lipinski definition) is 0. The summed E-state index contributed by atoms with van der Waals surface area (Å²) in [4.78, 5) is 124. The molecule has 130 heavy (non-hydrogen) atoms. The van der Waals surface area contributed by atoms with E-state index in [9.17, 15) is 0 Å². The van der Waals surface area contributed by atoms with Crippen molar-refractivity contribution in [1.82, 2.24) is 99.7 Å². The van der Waals surface area contributed by atoms with E-state index in [1.54, 1.807) is 69.4 Å². The molecule has 0 aliphatic carbocycles. The van der Waals surface area contributed by atoms with Crippen LogP contribution in [0, 0.1) is 40.9 Å². The van der Waals surface area contributed by atoms with E-state index in [-0.39, 0.29) is 34.1 Å². The molecule has 42 heteroatoms. The molecule has 0 amide bonds. The van der Waals surface area contributed by atoms with Crippen LogP contribution in [0.15, 0.2) is 195 Å². The van der Waals surface area contributed by atoms with E-state index in [0.717, 1.165) is 105 Å². The molecule has 12 aromatic heterocycles. The van der Waals surface area contributed by atoms with Crippen molar-refractivity contribution in [3.63, 3.8) is 0 Å². The van der Waals surface area contributed by atoms with Gasteiger partial charge in [-0.25, -0.2) is 59.5 Å². The molecule has 36 nitrogen and oxygen atoms in total. The molecule has 0 N–H and O–H groups in total. The van der Waals surface area contributed by atoms with Crippen molar-refractivity contribution in [2.75, 3.05) is 164 Å². The molecule has 0 bridgehead atoms. The molecular weight excluding hydrogens is 1990 g/mol. The fourth-order valence-corrected chi connectivity index (χ4v) is 12.1. The number of nitrogens with zero attached hydrogens (tertiary/aromatic N) is 36. The van der Waals surface area contributed by atoms with Gasteiger partial charge >= 0.3 is 139 Å². The first-order valence-corrected chi connectivity index (χ1v) is 45.5. The van der Waals surface area contributed by atoms with Gasteiger partial charge in [0.25, 0.3) is 0 Å². The first-order chi connectivity index (χ1) is 62.5. The summed E-state index contributed by atoms with van der Waals surface area (Å²) in [5, 5.41) is 29.1. The molecule has 0 atom stereocenters. The zero-order valence-electron chi connectivity index (χ0n) is 76.2. The first-order valence-electron chi connectivity index (χ1n) is 42.1. The van der Waals surface area contributed by atoms with Gasteiger partial charge in [-0.3, -0.25) is 0 Å². The Morgan fingerprint density at radius 2 is 0.277 bits per heavy atom. The number of hydrogen-bond acceptors (Lipinski definition) is 36. The van der Waals surface area contributed by atoms with Crippen LogP contribution in [0.25, 0.3) is 0 Å². The molecule has 12 rings (SSSR count). The third-order valence-corrected chi connectivity index (χ3v) is 18.6. The molecule has 0 spiro atoms. The summed E-state index contributed by atoms with van der Waals surface area (Å²) >= 11 is 8.44. The minimum atomic E-state index is 0. The summed E-state index contributed by atoms with van der Waals surface area (Å²) in [6.45, 7) is 46.5. The minimum Gasteiger partial charge on any atom is 2.00 e. The SMILES string of the molecule is CCN(CC)c1nc(N(CC)CC)nc(N(c2ccccn2)c2ccccn2)n1.CCN(CC)c1nc(N(CC)CC)nc(N(c2ccccn2)c2ccccn2)n1.CCN(CC)c1nc(N(CC)CC)nc(N(c2ccccn2)c2ccccn2)n1.CCN(CC)c1nc(N(CC)CC)nc(N(c2ccccn2)c2ccccn2)n1.N#C[Se-].N#C[Se-].N#C[Se-].N#C[Se-].[Fe+2].[Fe+2]. The van der Waals surface area contributed by atoms with E-state index in [1.165, 1.54) is 0 Å². The molecule has 0 fully saturated rings. The van der Waals surface area contributed by atoms with Gasteiger partial charge in [0.05, 0.1) is 0 Å². The summed E-state index contributed by atoms with van der Waals surface area (Å²) in [6.07, 6.45) is 14.0. The van der Waals surface area contributed by atoms with Crippen LogP contribution < -0.4 is 58.8 Å². The van der Waals surface area contributed by atoms with E-state index in [0.29, 0.717) is 118 Å².